The topological polar surface area (TPSA) is 69.0 Å². The van der Waals surface area contributed by atoms with Gasteiger partial charge in [0.25, 0.3) is 0 Å². The summed E-state index contributed by atoms with van der Waals surface area (Å²) >= 11 is 0. The number of hydrogen-bond donors (Lipinski definition) is 0. The zero-order chi connectivity index (χ0) is 17.6. The Morgan fingerprint density at radius 3 is 2.56 bits per heavy atom. The van der Waals surface area contributed by atoms with Gasteiger partial charge in [-0.15, -0.1) is 0 Å². The van der Waals surface area contributed by atoms with Gasteiger partial charge in [-0.25, -0.2) is 8.42 Å². The molecular formula is C18H21NO5S. The number of hydrogen-bond acceptors (Lipinski definition) is 5. The standard InChI is InChI=1S/C18H21NO5S/c1-12-9-15(12)16-5-3-13(24-16)11-19(2)25(20,21)14-4-6-17-18(10-14)23-8-7-22-17/h3-6,10,12,15H,7-9,11H2,1-2H3/t12-,15-/m0/s1. The number of fused-ring (bicyclic) bond motifs is 1. The van der Waals surface area contributed by atoms with Crippen LogP contribution in [-0.4, -0.2) is 33.0 Å². The van der Waals surface area contributed by atoms with Crippen molar-refractivity contribution < 1.29 is 22.3 Å². The van der Waals surface area contributed by atoms with Gasteiger partial charge in [-0.2, -0.15) is 4.31 Å². The van der Waals surface area contributed by atoms with Crippen molar-refractivity contribution in [2.75, 3.05) is 20.3 Å². The summed E-state index contributed by atoms with van der Waals surface area (Å²) in [5.74, 6) is 3.77. The van der Waals surface area contributed by atoms with Crippen LogP contribution in [0, 0.1) is 5.92 Å². The number of furan rings is 1. The molecule has 1 aromatic carbocycles. The monoisotopic (exact) mass is 363 g/mol. The van der Waals surface area contributed by atoms with E-state index in [0.717, 1.165) is 12.2 Å². The van der Waals surface area contributed by atoms with Gasteiger partial charge in [-0.1, -0.05) is 6.92 Å². The molecule has 0 saturated heterocycles. The summed E-state index contributed by atoms with van der Waals surface area (Å²) in [7, 11) is -2.09. The molecule has 25 heavy (non-hydrogen) atoms. The van der Waals surface area contributed by atoms with Crippen molar-refractivity contribution in [2.24, 2.45) is 5.92 Å². The molecule has 2 aromatic rings. The fourth-order valence-corrected chi connectivity index (χ4v) is 4.22. The lowest BCUT2D eigenvalue weighted by atomic mass is 10.3. The Labute approximate surface area is 147 Å². The van der Waals surface area contributed by atoms with Crippen LogP contribution in [0.25, 0.3) is 0 Å². The van der Waals surface area contributed by atoms with E-state index in [1.54, 1.807) is 19.2 Å². The number of sulfonamides is 1. The molecule has 1 aliphatic heterocycles. The normalized spacial score (nSPS) is 22.2. The third-order valence-electron chi connectivity index (χ3n) is 4.76. The highest BCUT2D eigenvalue weighted by atomic mass is 32.2. The molecule has 4 rings (SSSR count). The van der Waals surface area contributed by atoms with Crippen LogP contribution in [0.4, 0.5) is 0 Å². The molecule has 0 spiro atoms. The largest absolute Gasteiger partial charge is 0.486 e. The van der Waals surface area contributed by atoms with E-state index in [2.05, 4.69) is 6.92 Å². The highest BCUT2D eigenvalue weighted by Gasteiger charge is 2.36. The Kier molecular flexibility index (Phi) is 4.00. The van der Waals surface area contributed by atoms with Crippen molar-refractivity contribution in [1.82, 2.24) is 4.31 Å². The molecule has 0 unspecified atom stereocenters. The molecule has 7 heteroatoms. The Morgan fingerprint density at radius 2 is 1.84 bits per heavy atom. The fourth-order valence-electron chi connectivity index (χ4n) is 3.07. The summed E-state index contributed by atoms with van der Waals surface area (Å²) in [6.45, 7) is 3.27. The first-order chi connectivity index (χ1) is 11.9. The highest BCUT2D eigenvalue weighted by molar-refractivity contribution is 7.89. The van der Waals surface area contributed by atoms with E-state index in [-0.39, 0.29) is 11.4 Å². The van der Waals surface area contributed by atoms with Gasteiger partial charge >= 0.3 is 0 Å². The Hall–Kier alpha value is -1.99. The number of nitrogens with zero attached hydrogens (tertiary/aromatic N) is 1. The predicted molar refractivity (Wildman–Crippen MR) is 91.3 cm³/mol. The molecular weight excluding hydrogens is 342 g/mol. The average molecular weight is 363 g/mol. The summed E-state index contributed by atoms with van der Waals surface area (Å²) in [4.78, 5) is 0.182. The lowest BCUT2D eigenvalue weighted by molar-refractivity contribution is 0.171. The zero-order valence-corrected chi connectivity index (χ0v) is 15.1. The van der Waals surface area contributed by atoms with E-state index in [1.165, 1.54) is 10.4 Å². The zero-order valence-electron chi connectivity index (χ0n) is 14.3. The number of rotatable bonds is 5. The molecule has 1 saturated carbocycles. The first-order valence-electron chi connectivity index (χ1n) is 8.40. The van der Waals surface area contributed by atoms with Crippen LogP contribution in [0.3, 0.4) is 0 Å². The van der Waals surface area contributed by atoms with E-state index in [4.69, 9.17) is 13.9 Å². The molecule has 6 nitrogen and oxygen atoms in total. The van der Waals surface area contributed by atoms with E-state index in [1.807, 2.05) is 12.1 Å². The second-order valence-corrected chi connectivity index (χ2v) is 8.73. The molecule has 2 aliphatic rings. The van der Waals surface area contributed by atoms with Gasteiger partial charge in [0.05, 0.1) is 11.4 Å². The van der Waals surface area contributed by atoms with Gasteiger partial charge in [-0.3, -0.25) is 0 Å². The minimum Gasteiger partial charge on any atom is -0.486 e. The molecule has 0 bridgehead atoms. The molecule has 0 amide bonds. The third-order valence-corrected chi connectivity index (χ3v) is 6.56. The maximum Gasteiger partial charge on any atom is 0.243 e. The quantitative estimate of drug-likeness (QED) is 0.817. The second-order valence-electron chi connectivity index (χ2n) is 6.69. The molecule has 2 heterocycles. The number of benzene rings is 1. The van der Waals surface area contributed by atoms with E-state index >= 15 is 0 Å². The van der Waals surface area contributed by atoms with Crippen molar-refractivity contribution in [3.8, 4) is 11.5 Å². The van der Waals surface area contributed by atoms with Crippen molar-refractivity contribution in [3.05, 3.63) is 41.9 Å². The minimum absolute atomic E-state index is 0.182. The Bertz CT molecular complexity index is 889. The first kappa shape index (κ1) is 16.5. The van der Waals surface area contributed by atoms with Crippen LogP contribution in [0.2, 0.25) is 0 Å². The minimum atomic E-state index is -3.64. The van der Waals surface area contributed by atoms with Crippen molar-refractivity contribution in [1.29, 1.82) is 0 Å². The van der Waals surface area contributed by atoms with Crippen molar-refractivity contribution in [2.45, 2.75) is 30.7 Å². The predicted octanol–water partition coefficient (Wildman–Crippen LogP) is 2.99. The number of ether oxygens (including phenoxy) is 2. The van der Waals surface area contributed by atoms with E-state index in [0.29, 0.717) is 42.3 Å². The lowest BCUT2D eigenvalue weighted by Gasteiger charge is -2.20. The third kappa shape index (κ3) is 3.14. The van der Waals surface area contributed by atoms with Gasteiger partial charge < -0.3 is 13.9 Å². The summed E-state index contributed by atoms with van der Waals surface area (Å²) in [6, 6.07) is 8.50. The SMILES string of the molecule is C[C@H]1C[C@@H]1c1ccc(CN(C)S(=O)(=O)c2ccc3c(c2)OCCO3)o1. The van der Waals surface area contributed by atoms with Gasteiger partial charge in [0.2, 0.25) is 10.0 Å². The highest BCUT2D eigenvalue weighted by Crippen LogP contribution is 2.47. The van der Waals surface area contributed by atoms with Gasteiger partial charge in [0.15, 0.2) is 11.5 Å². The molecule has 1 aromatic heterocycles. The van der Waals surface area contributed by atoms with Gasteiger partial charge in [-0.05, 0) is 36.6 Å². The van der Waals surface area contributed by atoms with E-state index < -0.39 is 10.0 Å². The van der Waals surface area contributed by atoms with E-state index in [9.17, 15) is 8.42 Å². The van der Waals surface area contributed by atoms with Crippen LogP contribution in [-0.2, 0) is 16.6 Å². The van der Waals surface area contributed by atoms with Crippen LogP contribution in [0.1, 0.15) is 30.8 Å². The summed E-state index contributed by atoms with van der Waals surface area (Å²) < 4.78 is 43.7. The Balaban J connectivity index is 1.52. The molecule has 0 N–H and O–H groups in total. The molecule has 134 valence electrons. The molecule has 1 fully saturated rings. The smallest absolute Gasteiger partial charge is 0.243 e. The summed E-state index contributed by atoms with van der Waals surface area (Å²) in [5.41, 5.74) is 0. The van der Waals surface area contributed by atoms with Crippen molar-refractivity contribution >= 4 is 10.0 Å². The first-order valence-corrected chi connectivity index (χ1v) is 9.84. The molecule has 1 aliphatic carbocycles. The average Bonchev–Trinajstić information content (AvgIpc) is 3.15. The van der Waals surface area contributed by atoms with Gasteiger partial charge in [0, 0.05) is 19.0 Å². The lowest BCUT2D eigenvalue weighted by Crippen LogP contribution is -2.26. The van der Waals surface area contributed by atoms with Gasteiger partial charge in [0.1, 0.15) is 24.7 Å². The second kappa shape index (κ2) is 6.07. The maximum atomic E-state index is 12.8. The molecule has 0 radical (unpaired) electrons. The summed E-state index contributed by atoms with van der Waals surface area (Å²) in [5, 5.41) is 0. The Morgan fingerprint density at radius 1 is 1.12 bits per heavy atom. The maximum absolute atomic E-state index is 12.8. The van der Waals surface area contributed by atoms with Crippen LogP contribution < -0.4 is 9.47 Å². The van der Waals surface area contributed by atoms with Crippen LogP contribution >= 0.6 is 0 Å². The van der Waals surface area contributed by atoms with Crippen LogP contribution in [0.5, 0.6) is 11.5 Å². The fraction of sp³-hybridized carbons (Fsp3) is 0.444. The molecule has 2 atom stereocenters. The van der Waals surface area contributed by atoms with Crippen LogP contribution in [0.15, 0.2) is 39.6 Å². The summed E-state index contributed by atoms with van der Waals surface area (Å²) in [6.07, 6.45) is 1.14. The van der Waals surface area contributed by atoms with Crippen molar-refractivity contribution in [3.63, 3.8) is 0 Å².